The fraction of sp³-hybridized carbons (Fsp3) is 0.240. The van der Waals surface area contributed by atoms with Gasteiger partial charge in [0.2, 0.25) is 5.91 Å². The van der Waals surface area contributed by atoms with E-state index in [4.69, 9.17) is 0 Å². The van der Waals surface area contributed by atoms with Crippen molar-refractivity contribution in [2.75, 3.05) is 42.1 Å². The van der Waals surface area contributed by atoms with Gasteiger partial charge in [0.05, 0.1) is 10.8 Å². The zero-order chi connectivity index (χ0) is 22.3. The van der Waals surface area contributed by atoms with Gasteiger partial charge in [-0.2, -0.15) is 0 Å². The highest BCUT2D eigenvalue weighted by Gasteiger charge is 2.23. The van der Waals surface area contributed by atoms with Gasteiger partial charge in [0.15, 0.2) is 0 Å². The van der Waals surface area contributed by atoms with Crippen LogP contribution < -0.4 is 10.2 Å². The molecule has 1 saturated heterocycles. The standard InChI is InChI=1S/C25H26N4O2S/c1-19-6-2-3-7-22(19)25(31)29-16-14-28(15-17-29)21-11-9-20(10-12-21)27-23(30)18-32-24-8-4-5-13-26-24/h2-13H,14-18H2,1H3,(H,27,30). The number of thioether (sulfide) groups is 1. The molecule has 1 aliphatic heterocycles. The normalized spacial score (nSPS) is 13.7. The van der Waals surface area contributed by atoms with E-state index in [0.717, 1.165) is 40.6 Å². The number of amides is 2. The van der Waals surface area contributed by atoms with Crippen LogP contribution >= 0.6 is 11.8 Å². The van der Waals surface area contributed by atoms with Gasteiger partial charge >= 0.3 is 0 Å². The summed E-state index contributed by atoms with van der Waals surface area (Å²) < 4.78 is 0. The van der Waals surface area contributed by atoms with Crippen LogP contribution in [0.15, 0.2) is 78.0 Å². The van der Waals surface area contributed by atoms with E-state index in [1.165, 1.54) is 11.8 Å². The highest BCUT2D eigenvalue weighted by molar-refractivity contribution is 7.99. The average molecular weight is 447 g/mol. The number of hydrogen-bond donors (Lipinski definition) is 1. The lowest BCUT2D eigenvalue weighted by Crippen LogP contribution is -2.48. The first-order valence-electron chi connectivity index (χ1n) is 10.6. The summed E-state index contributed by atoms with van der Waals surface area (Å²) in [5.74, 6) is 0.358. The van der Waals surface area contributed by atoms with Crippen LogP contribution in [0.4, 0.5) is 11.4 Å². The average Bonchev–Trinajstić information content (AvgIpc) is 2.84. The Kier molecular flexibility index (Phi) is 7.07. The highest BCUT2D eigenvalue weighted by Crippen LogP contribution is 2.21. The molecule has 1 fully saturated rings. The minimum atomic E-state index is -0.0586. The summed E-state index contributed by atoms with van der Waals surface area (Å²) in [5, 5.41) is 3.76. The third kappa shape index (κ3) is 5.48. The zero-order valence-corrected chi connectivity index (χ0v) is 18.8. The summed E-state index contributed by atoms with van der Waals surface area (Å²) in [6.45, 7) is 4.92. The number of piperazine rings is 1. The molecule has 0 unspecified atom stereocenters. The largest absolute Gasteiger partial charge is 0.368 e. The second-order valence-electron chi connectivity index (χ2n) is 7.65. The Hall–Kier alpha value is -3.32. The molecule has 2 aromatic carbocycles. The molecule has 164 valence electrons. The van der Waals surface area contributed by atoms with Gasteiger partial charge in [-0.3, -0.25) is 9.59 Å². The van der Waals surface area contributed by atoms with Crippen LogP contribution in [0.3, 0.4) is 0 Å². The van der Waals surface area contributed by atoms with Crippen LogP contribution in [-0.2, 0) is 4.79 Å². The maximum atomic E-state index is 12.8. The molecule has 32 heavy (non-hydrogen) atoms. The Bertz CT molecular complexity index is 1060. The Morgan fingerprint density at radius 3 is 2.34 bits per heavy atom. The van der Waals surface area contributed by atoms with Crippen LogP contribution in [0.5, 0.6) is 0 Å². The van der Waals surface area contributed by atoms with Crippen LogP contribution in [0.25, 0.3) is 0 Å². The van der Waals surface area contributed by atoms with Crippen molar-refractivity contribution in [2.24, 2.45) is 0 Å². The predicted molar refractivity (Wildman–Crippen MR) is 129 cm³/mol. The Labute approximate surface area is 192 Å². The summed E-state index contributed by atoms with van der Waals surface area (Å²) in [6.07, 6.45) is 1.72. The number of benzene rings is 2. The summed E-state index contributed by atoms with van der Waals surface area (Å²) in [4.78, 5) is 33.4. The molecule has 1 N–H and O–H groups in total. The van der Waals surface area contributed by atoms with Gasteiger partial charge in [-0.05, 0) is 55.0 Å². The number of pyridine rings is 1. The summed E-state index contributed by atoms with van der Waals surface area (Å²) in [6, 6.07) is 21.3. The Morgan fingerprint density at radius 2 is 1.66 bits per heavy atom. The summed E-state index contributed by atoms with van der Waals surface area (Å²) >= 11 is 1.41. The second-order valence-corrected chi connectivity index (χ2v) is 8.64. The molecule has 0 spiro atoms. The van der Waals surface area contributed by atoms with Crippen LogP contribution in [0.2, 0.25) is 0 Å². The lowest BCUT2D eigenvalue weighted by atomic mass is 10.1. The Morgan fingerprint density at radius 1 is 0.938 bits per heavy atom. The molecule has 3 aromatic rings. The van der Waals surface area contributed by atoms with Crippen molar-refractivity contribution in [3.05, 3.63) is 84.1 Å². The van der Waals surface area contributed by atoms with E-state index in [-0.39, 0.29) is 11.8 Å². The maximum absolute atomic E-state index is 12.8. The van der Waals surface area contributed by atoms with Crippen molar-refractivity contribution < 1.29 is 9.59 Å². The number of aromatic nitrogens is 1. The number of carbonyl (C=O) groups is 2. The van der Waals surface area contributed by atoms with Crippen molar-refractivity contribution in [2.45, 2.75) is 11.9 Å². The van der Waals surface area contributed by atoms with Crippen molar-refractivity contribution in [1.82, 2.24) is 9.88 Å². The van der Waals surface area contributed by atoms with E-state index in [0.29, 0.717) is 18.8 Å². The number of hydrogen-bond acceptors (Lipinski definition) is 5. The van der Waals surface area contributed by atoms with Gasteiger partial charge in [-0.1, -0.05) is 36.0 Å². The van der Waals surface area contributed by atoms with Crippen molar-refractivity contribution >= 4 is 35.0 Å². The summed E-state index contributed by atoms with van der Waals surface area (Å²) in [5.41, 5.74) is 3.65. The molecule has 1 aliphatic rings. The predicted octanol–water partition coefficient (Wildman–Crippen LogP) is 4.08. The lowest BCUT2D eigenvalue weighted by Gasteiger charge is -2.36. The molecule has 0 aliphatic carbocycles. The van der Waals surface area contributed by atoms with Crippen LogP contribution in [-0.4, -0.2) is 53.6 Å². The highest BCUT2D eigenvalue weighted by atomic mass is 32.2. The van der Waals surface area contributed by atoms with Crippen molar-refractivity contribution in [3.63, 3.8) is 0 Å². The number of aryl methyl sites for hydroxylation is 1. The number of rotatable bonds is 6. The molecule has 2 amide bonds. The topological polar surface area (TPSA) is 65.5 Å². The smallest absolute Gasteiger partial charge is 0.254 e. The van der Waals surface area contributed by atoms with Crippen molar-refractivity contribution in [3.8, 4) is 0 Å². The van der Waals surface area contributed by atoms with Gasteiger partial charge < -0.3 is 15.1 Å². The van der Waals surface area contributed by atoms with E-state index in [2.05, 4.69) is 15.2 Å². The fourth-order valence-electron chi connectivity index (χ4n) is 3.68. The van der Waals surface area contributed by atoms with E-state index in [9.17, 15) is 9.59 Å². The van der Waals surface area contributed by atoms with Crippen LogP contribution in [0.1, 0.15) is 15.9 Å². The molecule has 7 heteroatoms. The minimum Gasteiger partial charge on any atom is -0.368 e. The number of anilines is 2. The SMILES string of the molecule is Cc1ccccc1C(=O)N1CCN(c2ccc(NC(=O)CSc3ccccn3)cc2)CC1. The molecule has 6 nitrogen and oxygen atoms in total. The van der Waals surface area contributed by atoms with E-state index < -0.39 is 0 Å². The van der Waals surface area contributed by atoms with Gasteiger partial charge in [-0.15, -0.1) is 0 Å². The third-order valence-corrected chi connectivity index (χ3v) is 6.39. The Balaban J connectivity index is 1.27. The molecule has 2 heterocycles. The number of nitrogens with one attached hydrogen (secondary N) is 1. The molecule has 0 radical (unpaired) electrons. The molecule has 0 atom stereocenters. The molecular weight excluding hydrogens is 420 g/mol. The fourth-order valence-corrected chi connectivity index (χ4v) is 4.34. The van der Waals surface area contributed by atoms with E-state index >= 15 is 0 Å². The molecule has 1 aromatic heterocycles. The summed E-state index contributed by atoms with van der Waals surface area (Å²) in [7, 11) is 0. The number of carbonyl (C=O) groups excluding carboxylic acids is 2. The molecule has 4 rings (SSSR count). The molecular formula is C25H26N4O2S. The first-order valence-corrected chi connectivity index (χ1v) is 11.6. The van der Waals surface area contributed by atoms with Gasteiger partial charge in [-0.25, -0.2) is 4.98 Å². The monoisotopic (exact) mass is 446 g/mol. The maximum Gasteiger partial charge on any atom is 0.254 e. The van der Waals surface area contributed by atoms with Gasteiger partial charge in [0.25, 0.3) is 5.91 Å². The second kappa shape index (κ2) is 10.3. The first-order chi connectivity index (χ1) is 15.6. The van der Waals surface area contributed by atoms with Gasteiger partial charge in [0.1, 0.15) is 0 Å². The number of nitrogens with zero attached hydrogens (tertiary/aromatic N) is 3. The molecule has 0 bridgehead atoms. The van der Waals surface area contributed by atoms with E-state index in [1.54, 1.807) is 6.20 Å². The zero-order valence-electron chi connectivity index (χ0n) is 18.0. The molecule has 0 saturated carbocycles. The first kappa shape index (κ1) is 21.9. The van der Waals surface area contributed by atoms with Crippen molar-refractivity contribution in [1.29, 1.82) is 0 Å². The minimum absolute atomic E-state index is 0.0586. The third-order valence-electron chi connectivity index (χ3n) is 5.45. The quantitative estimate of drug-likeness (QED) is 0.578. The lowest BCUT2D eigenvalue weighted by molar-refractivity contribution is -0.113. The van der Waals surface area contributed by atoms with E-state index in [1.807, 2.05) is 78.6 Å². The van der Waals surface area contributed by atoms with Gasteiger partial charge in [0, 0.05) is 49.3 Å². The van der Waals surface area contributed by atoms with Crippen LogP contribution in [0, 0.1) is 6.92 Å².